The van der Waals surface area contributed by atoms with Crippen LogP contribution in [-0.2, 0) is 11.0 Å². The second-order valence-electron chi connectivity index (χ2n) is 7.14. The third-order valence-electron chi connectivity index (χ3n) is 4.83. The van der Waals surface area contributed by atoms with Gasteiger partial charge in [0.2, 0.25) is 5.91 Å². The van der Waals surface area contributed by atoms with E-state index in [4.69, 9.17) is 0 Å². The lowest BCUT2D eigenvalue weighted by Crippen LogP contribution is -2.38. The number of amides is 2. The van der Waals surface area contributed by atoms with Gasteiger partial charge in [0.15, 0.2) is 0 Å². The fourth-order valence-electron chi connectivity index (χ4n) is 3.41. The summed E-state index contributed by atoms with van der Waals surface area (Å²) in [6, 6.07) is 10.4. The quantitative estimate of drug-likeness (QED) is 0.620. The van der Waals surface area contributed by atoms with Gasteiger partial charge in [0.05, 0.1) is 11.3 Å². The molecule has 158 valence electrons. The first-order valence-electron chi connectivity index (χ1n) is 9.45. The number of halogens is 3. The Kier molecular flexibility index (Phi) is 5.87. The van der Waals surface area contributed by atoms with Gasteiger partial charge >= 0.3 is 6.18 Å². The number of carbonyl (C=O) groups is 2. The maximum Gasteiger partial charge on any atom is 0.418 e. The largest absolute Gasteiger partial charge is 0.418 e. The number of nitrogens with zero attached hydrogens (tertiary/aromatic N) is 1. The second kappa shape index (κ2) is 8.22. The highest BCUT2D eigenvalue weighted by atomic mass is 19.4. The van der Waals surface area contributed by atoms with Gasteiger partial charge in [0.25, 0.3) is 5.91 Å². The van der Waals surface area contributed by atoms with Crippen LogP contribution >= 0.6 is 0 Å². The van der Waals surface area contributed by atoms with Gasteiger partial charge in [-0.25, -0.2) is 0 Å². The molecule has 0 saturated heterocycles. The molecule has 0 spiro atoms. The lowest BCUT2D eigenvalue weighted by Gasteiger charge is -2.20. The number of carbonyl (C=O) groups excluding carboxylic acids is 2. The third-order valence-corrected chi connectivity index (χ3v) is 4.83. The smallest absolute Gasteiger partial charge is 0.351 e. The van der Waals surface area contributed by atoms with E-state index in [1.165, 1.54) is 23.1 Å². The van der Waals surface area contributed by atoms with Crippen LogP contribution in [0.5, 0.6) is 0 Å². The fraction of sp³-hybridized carbons (Fsp3) is 0.273. The number of aromatic nitrogens is 1. The zero-order valence-electron chi connectivity index (χ0n) is 16.9. The van der Waals surface area contributed by atoms with Crippen molar-refractivity contribution in [2.75, 3.05) is 18.4 Å². The molecule has 0 atom stereocenters. The van der Waals surface area contributed by atoms with E-state index in [1.54, 1.807) is 13.0 Å². The SMILES string of the molecule is CCN(CC(=O)Nc1ccccc1C(F)(F)F)C(=O)c1cc2c(C)cc(C)cc2[nH]1. The molecule has 0 aliphatic carbocycles. The minimum atomic E-state index is -4.59. The van der Waals surface area contributed by atoms with Crippen LogP contribution in [-0.4, -0.2) is 34.8 Å². The number of alkyl halides is 3. The predicted octanol–water partition coefficient (Wildman–Crippen LogP) is 4.90. The summed E-state index contributed by atoms with van der Waals surface area (Å²) in [5.74, 6) is -1.10. The highest BCUT2D eigenvalue weighted by Crippen LogP contribution is 2.34. The summed E-state index contributed by atoms with van der Waals surface area (Å²) in [4.78, 5) is 29.6. The number of aryl methyl sites for hydroxylation is 2. The molecule has 8 heteroatoms. The molecule has 0 aliphatic heterocycles. The molecule has 2 aromatic carbocycles. The Morgan fingerprint density at radius 3 is 2.47 bits per heavy atom. The number of para-hydroxylation sites is 1. The van der Waals surface area contributed by atoms with Crippen molar-refractivity contribution >= 4 is 28.4 Å². The molecule has 2 N–H and O–H groups in total. The first-order chi connectivity index (χ1) is 14.1. The Morgan fingerprint density at radius 1 is 1.10 bits per heavy atom. The molecule has 0 bridgehead atoms. The zero-order chi connectivity index (χ0) is 22.1. The number of nitrogens with one attached hydrogen (secondary N) is 2. The Hall–Kier alpha value is -3.29. The van der Waals surface area contributed by atoms with Crippen LogP contribution in [0.2, 0.25) is 0 Å². The Bertz CT molecular complexity index is 1100. The molecule has 0 aliphatic rings. The van der Waals surface area contributed by atoms with Crippen molar-refractivity contribution < 1.29 is 22.8 Å². The summed E-state index contributed by atoms with van der Waals surface area (Å²) in [6.45, 7) is 5.46. The minimum absolute atomic E-state index is 0.223. The van der Waals surface area contributed by atoms with E-state index in [1.807, 2.05) is 26.0 Å². The number of fused-ring (bicyclic) bond motifs is 1. The number of aromatic amines is 1. The Balaban J connectivity index is 1.78. The van der Waals surface area contributed by atoms with Gasteiger partial charge in [0, 0.05) is 17.4 Å². The first kappa shape index (κ1) is 21.4. The van der Waals surface area contributed by atoms with Crippen molar-refractivity contribution in [3.05, 3.63) is 64.8 Å². The van der Waals surface area contributed by atoms with Crippen LogP contribution < -0.4 is 5.32 Å². The standard InChI is InChI=1S/C22H22F3N3O2/c1-4-28(12-20(29)27-17-8-6-5-7-16(17)22(23,24)25)21(30)19-11-15-14(3)9-13(2)10-18(15)26-19/h5-11,26H,4,12H2,1-3H3,(H,27,29). The van der Waals surface area contributed by atoms with E-state index in [9.17, 15) is 22.8 Å². The summed E-state index contributed by atoms with van der Waals surface area (Å²) in [5, 5.41) is 3.17. The molecule has 0 saturated carbocycles. The molecule has 0 unspecified atom stereocenters. The molecule has 1 aromatic heterocycles. The summed E-state index contributed by atoms with van der Waals surface area (Å²) in [7, 11) is 0. The molecule has 3 aromatic rings. The second-order valence-corrected chi connectivity index (χ2v) is 7.14. The maximum atomic E-state index is 13.1. The van der Waals surface area contributed by atoms with Gasteiger partial charge in [0.1, 0.15) is 12.2 Å². The molecule has 0 fully saturated rings. The number of benzene rings is 2. The number of likely N-dealkylation sites (N-methyl/N-ethyl adjacent to an activating group) is 1. The monoisotopic (exact) mass is 417 g/mol. The minimum Gasteiger partial charge on any atom is -0.351 e. The lowest BCUT2D eigenvalue weighted by atomic mass is 10.1. The van der Waals surface area contributed by atoms with E-state index in [2.05, 4.69) is 10.3 Å². The summed E-state index contributed by atoms with van der Waals surface area (Å²) in [6.07, 6.45) is -4.59. The fourth-order valence-corrected chi connectivity index (χ4v) is 3.41. The van der Waals surface area contributed by atoms with Crippen LogP contribution in [0.4, 0.5) is 18.9 Å². The van der Waals surface area contributed by atoms with Crippen LogP contribution in [0.1, 0.15) is 34.1 Å². The van der Waals surface area contributed by atoms with Crippen molar-refractivity contribution in [1.82, 2.24) is 9.88 Å². The predicted molar refractivity (Wildman–Crippen MR) is 109 cm³/mol. The van der Waals surface area contributed by atoms with Gasteiger partial charge in [-0.2, -0.15) is 13.2 Å². The summed E-state index contributed by atoms with van der Waals surface area (Å²) in [5.41, 5.74) is 1.93. The molecular formula is C22H22F3N3O2. The van der Waals surface area contributed by atoms with E-state index in [0.29, 0.717) is 5.69 Å². The third kappa shape index (κ3) is 4.48. The summed E-state index contributed by atoms with van der Waals surface area (Å²) >= 11 is 0. The molecule has 2 amide bonds. The van der Waals surface area contributed by atoms with Crippen LogP contribution in [0, 0.1) is 13.8 Å². The average molecular weight is 417 g/mol. The van der Waals surface area contributed by atoms with Gasteiger partial charge in [-0.15, -0.1) is 0 Å². The molecule has 5 nitrogen and oxygen atoms in total. The van der Waals surface area contributed by atoms with Crippen molar-refractivity contribution in [3.63, 3.8) is 0 Å². The highest BCUT2D eigenvalue weighted by molar-refractivity contribution is 6.02. The number of hydrogen-bond acceptors (Lipinski definition) is 2. The van der Waals surface area contributed by atoms with Crippen molar-refractivity contribution in [2.24, 2.45) is 0 Å². The van der Waals surface area contributed by atoms with E-state index in [-0.39, 0.29) is 18.8 Å². The van der Waals surface area contributed by atoms with Gasteiger partial charge in [-0.1, -0.05) is 18.2 Å². The zero-order valence-corrected chi connectivity index (χ0v) is 16.9. The summed E-state index contributed by atoms with van der Waals surface area (Å²) < 4.78 is 39.4. The molecule has 3 rings (SSSR count). The van der Waals surface area contributed by atoms with E-state index >= 15 is 0 Å². The van der Waals surface area contributed by atoms with Crippen molar-refractivity contribution in [1.29, 1.82) is 0 Å². The lowest BCUT2D eigenvalue weighted by molar-refractivity contribution is -0.137. The topological polar surface area (TPSA) is 65.2 Å². The number of rotatable bonds is 5. The van der Waals surface area contributed by atoms with Crippen LogP contribution in [0.3, 0.4) is 0 Å². The first-order valence-corrected chi connectivity index (χ1v) is 9.45. The van der Waals surface area contributed by atoms with Crippen molar-refractivity contribution in [2.45, 2.75) is 26.9 Å². The molecular weight excluding hydrogens is 395 g/mol. The molecule has 30 heavy (non-hydrogen) atoms. The number of anilines is 1. The maximum absolute atomic E-state index is 13.1. The molecule has 1 heterocycles. The van der Waals surface area contributed by atoms with Gasteiger partial charge in [-0.05, 0) is 56.2 Å². The average Bonchev–Trinajstić information content (AvgIpc) is 3.09. The Morgan fingerprint density at radius 2 is 1.80 bits per heavy atom. The van der Waals surface area contributed by atoms with Gasteiger partial charge < -0.3 is 15.2 Å². The molecule has 0 radical (unpaired) electrons. The van der Waals surface area contributed by atoms with E-state index in [0.717, 1.165) is 28.1 Å². The normalized spacial score (nSPS) is 11.5. The van der Waals surface area contributed by atoms with Crippen LogP contribution in [0.25, 0.3) is 10.9 Å². The van der Waals surface area contributed by atoms with Crippen LogP contribution in [0.15, 0.2) is 42.5 Å². The van der Waals surface area contributed by atoms with E-state index < -0.39 is 23.6 Å². The highest BCUT2D eigenvalue weighted by Gasteiger charge is 2.33. The number of hydrogen-bond donors (Lipinski definition) is 2. The van der Waals surface area contributed by atoms with Crippen molar-refractivity contribution in [3.8, 4) is 0 Å². The number of H-pyrrole nitrogens is 1. The van der Waals surface area contributed by atoms with Gasteiger partial charge in [-0.3, -0.25) is 9.59 Å². The Labute approximate surface area is 171 Å².